The van der Waals surface area contributed by atoms with Crippen molar-refractivity contribution in [1.82, 2.24) is 0 Å². The average Bonchev–Trinajstić information content (AvgIpc) is 2.53. The van der Waals surface area contributed by atoms with Gasteiger partial charge in [0.25, 0.3) is 0 Å². The number of rotatable bonds is 7. The maximum Gasteiger partial charge on any atom is 0.140 e. The number of halogens is 1. The van der Waals surface area contributed by atoms with Crippen LogP contribution in [0.4, 0.5) is 0 Å². The van der Waals surface area contributed by atoms with Crippen LogP contribution in [-0.2, 0) is 17.6 Å². The number of carbonyl (C=O) groups excluding carboxylic acids is 1. The highest BCUT2D eigenvalue weighted by atomic mass is 35.5. The smallest absolute Gasteiger partial charge is 0.140 e. The third-order valence-electron chi connectivity index (χ3n) is 4.18. The van der Waals surface area contributed by atoms with Gasteiger partial charge < -0.3 is 0 Å². The molecule has 2 aromatic rings. The monoisotopic (exact) mass is 328 g/mol. The molecule has 1 atom stereocenters. The van der Waals surface area contributed by atoms with Crippen LogP contribution in [0.2, 0.25) is 5.02 Å². The van der Waals surface area contributed by atoms with Gasteiger partial charge in [-0.3, -0.25) is 4.79 Å². The summed E-state index contributed by atoms with van der Waals surface area (Å²) < 4.78 is 0. The van der Waals surface area contributed by atoms with E-state index in [-0.39, 0.29) is 11.7 Å². The number of aryl methyl sites for hydroxylation is 1. The van der Waals surface area contributed by atoms with Crippen LogP contribution in [-0.4, -0.2) is 5.78 Å². The molecule has 2 heteroatoms. The zero-order valence-corrected chi connectivity index (χ0v) is 14.9. The lowest BCUT2D eigenvalue weighted by molar-refractivity contribution is -0.120. The van der Waals surface area contributed by atoms with Gasteiger partial charge in [0, 0.05) is 17.4 Å². The Bertz CT molecular complexity index is 626. The standard InChI is InChI=1S/C21H25ClO/c1-15(2)14-18-4-9-19(10-5-18)16(3)21(23)13-8-17-6-11-20(22)12-7-17/h4-7,9-12,15-16H,8,13-14H2,1-3H3/t16-/m0/s1. The number of carbonyl (C=O) groups is 1. The molecule has 0 saturated heterocycles. The molecule has 122 valence electrons. The van der Waals surface area contributed by atoms with Gasteiger partial charge in [-0.15, -0.1) is 0 Å². The summed E-state index contributed by atoms with van der Waals surface area (Å²) >= 11 is 5.88. The van der Waals surface area contributed by atoms with Crippen LogP contribution in [0, 0.1) is 5.92 Å². The number of Topliss-reactive ketones (excluding diaryl/α,β-unsaturated/α-hetero) is 1. The van der Waals surface area contributed by atoms with Gasteiger partial charge in [0.1, 0.15) is 5.78 Å². The first-order valence-corrected chi connectivity index (χ1v) is 8.69. The molecular formula is C21H25ClO. The molecule has 0 fully saturated rings. The molecule has 0 aliphatic carbocycles. The molecule has 0 unspecified atom stereocenters. The number of hydrogen-bond acceptors (Lipinski definition) is 1. The molecule has 0 radical (unpaired) electrons. The lowest BCUT2D eigenvalue weighted by Gasteiger charge is -2.12. The van der Waals surface area contributed by atoms with Crippen molar-refractivity contribution < 1.29 is 4.79 Å². The Morgan fingerprint density at radius 3 is 2.04 bits per heavy atom. The maximum absolute atomic E-state index is 12.4. The highest BCUT2D eigenvalue weighted by Crippen LogP contribution is 2.21. The Kier molecular flexibility index (Phi) is 6.41. The van der Waals surface area contributed by atoms with Crippen molar-refractivity contribution in [3.63, 3.8) is 0 Å². The van der Waals surface area contributed by atoms with Crippen LogP contribution < -0.4 is 0 Å². The second-order valence-electron chi connectivity index (χ2n) is 6.65. The Morgan fingerprint density at radius 2 is 1.48 bits per heavy atom. The summed E-state index contributed by atoms with van der Waals surface area (Å²) in [5.74, 6) is 0.895. The maximum atomic E-state index is 12.4. The Morgan fingerprint density at radius 1 is 0.913 bits per heavy atom. The van der Waals surface area contributed by atoms with Gasteiger partial charge >= 0.3 is 0 Å². The minimum atomic E-state index is -0.0459. The third kappa shape index (κ3) is 5.51. The SMILES string of the molecule is CC(C)Cc1ccc([C@H](C)C(=O)CCc2ccc(Cl)cc2)cc1. The van der Waals surface area contributed by atoms with Crippen molar-refractivity contribution in [2.45, 2.75) is 46.0 Å². The molecule has 0 aliphatic rings. The van der Waals surface area contributed by atoms with Crippen molar-refractivity contribution in [2.24, 2.45) is 5.92 Å². The molecule has 2 rings (SSSR count). The highest BCUT2D eigenvalue weighted by Gasteiger charge is 2.15. The van der Waals surface area contributed by atoms with Crippen molar-refractivity contribution in [3.8, 4) is 0 Å². The summed E-state index contributed by atoms with van der Waals surface area (Å²) in [6.45, 7) is 6.44. The lowest BCUT2D eigenvalue weighted by Crippen LogP contribution is -2.10. The van der Waals surface area contributed by atoms with E-state index in [4.69, 9.17) is 11.6 Å². The summed E-state index contributed by atoms with van der Waals surface area (Å²) in [7, 11) is 0. The third-order valence-corrected chi connectivity index (χ3v) is 4.43. The molecule has 0 heterocycles. The Labute approximate surface area is 144 Å². The summed E-state index contributed by atoms with van der Waals surface area (Å²) in [5, 5.41) is 0.731. The number of benzene rings is 2. The summed E-state index contributed by atoms with van der Waals surface area (Å²) in [6.07, 6.45) is 2.42. The summed E-state index contributed by atoms with van der Waals surface area (Å²) in [4.78, 5) is 12.4. The van der Waals surface area contributed by atoms with E-state index in [9.17, 15) is 4.79 Å². The van der Waals surface area contributed by atoms with E-state index in [1.807, 2.05) is 31.2 Å². The van der Waals surface area contributed by atoms with E-state index < -0.39 is 0 Å². The molecular weight excluding hydrogens is 304 g/mol. The van der Waals surface area contributed by atoms with Crippen molar-refractivity contribution in [3.05, 3.63) is 70.2 Å². The zero-order valence-electron chi connectivity index (χ0n) is 14.2. The van der Waals surface area contributed by atoms with Crippen LogP contribution >= 0.6 is 11.6 Å². The molecule has 0 saturated carbocycles. The summed E-state index contributed by atoms with van der Waals surface area (Å²) in [5.41, 5.74) is 3.60. The molecule has 0 amide bonds. The fraction of sp³-hybridized carbons (Fsp3) is 0.381. The van der Waals surface area contributed by atoms with Crippen molar-refractivity contribution in [1.29, 1.82) is 0 Å². The Balaban J connectivity index is 1.92. The van der Waals surface area contributed by atoms with Gasteiger partial charge in [0.2, 0.25) is 0 Å². The van der Waals surface area contributed by atoms with Crippen molar-refractivity contribution >= 4 is 17.4 Å². The van der Waals surface area contributed by atoms with Crippen LogP contribution in [0.25, 0.3) is 0 Å². The van der Waals surface area contributed by atoms with Gasteiger partial charge in [-0.05, 0) is 47.6 Å². The van der Waals surface area contributed by atoms with E-state index in [1.165, 1.54) is 5.56 Å². The topological polar surface area (TPSA) is 17.1 Å². The minimum absolute atomic E-state index is 0.0459. The van der Waals surface area contributed by atoms with Crippen LogP contribution in [0.3, 0.4) is 0 Å². The second-order valence-corrected chi connectivity index (χ2v) is 7.09. The fourth-order valence-corrected chi connectivity index (χ4v) is 2.86. The van der Waals surface area contributed by atoms with E-state index >= 15 is 0 Å². The molecule has 0 aromatic heterocycles. The van der Waals surface area contributed by atoms with Gasteiger partial charge in [-0.2, -0.15) is 0 Å². The Hall–Kier alpha value is -1.60. The quantitative estimate of drug-likeness (QED) is 0.623. The zero-order chi connectivity index (χ0) is 16.8. The normalized spacial score (nSPS) is 12.4. The molecule has 2 aromatic carbocycles. The lowest BCUT2D eigenvalue weighted by atomic mass is 9.91. The van der Waals surface area contributed by atoms with E-state index in [1.54, 1.807) is 0 Å². The first-order valence-electron chi connectivity index (χ1n) is 8.31. The molecule has 0 N–H and O–H groups in total. The molecule has 0 bridgehead atoms. The van der Waals surface area contributed by atoms with E-state index in [2.05, 4.69) is 38.1 Å². The molecule has 0 spiro atoms. The first kappa shape index (κ1) is 17.7. The van der Waals surface area contributed by atoms with Crippen LogP contribution in [0.1, 0.15) is 49.8 Å². The average molecular weight is 329 g/mol. The van der Waals surface area contributed by atoms with Gasteiger partial charge in [-0.25, -0.2) is 0 Å². The van der Waals surface area contributed by atoms with Crippen molar-refractivity contribution in [2.75, 3.05) is 0 Å². The van der Waals surface area contributed by atoms with Crippen LogP contribution in [0.5, 0.6) is 0 Å². The minimum Gasteiger partial charge on any atom is -0.299 e. The number of hydrogen-bond donors (Lipinski definition) is 0. The van der Waals surface area contributed by atoms with E-state index in [0.29, 0.717) is 12.3 Å². The van der Waals surface area contributed by atoms with Crippen LogP contribution in [0.15, 0.2) is 48.5 Å². The predicted molar refractivity (Wildman–Crippen MR) is 98.2 cm³/mol. The predicted octanol–water partition coefficient (Wildman–Crippen LogP) is 5.84. The molecule has 1 nitrogen and oxygen atoms in total. The molecule has 0 aliphatic heterocycles. The second kappa shape index (κ2) is 8.31. The largest absolute Gasteiger partial charge is 0.299 e. The van der Waals surface area contributed by atoms with Gasteiger partial charge in [-0.1, -0.05) is 68.8 Å². The fourth-order valence-electron chi connectivity index (χ4n) is 2.73. The highest BCUT2D eigenvalue weighted by molar-refractivity contribution is 6.30. The number of ketones is 1. The summed E-state index contributed by atoms with van der Waals surface area (Å²) in [6, 6.07) is 16.2. The van der Waals surface area contributed by atoms with Gasteiger partial charge in [0.05, 0.1) is 0 Å². The van der Waals surface area contributed by atoms with E-state index in [0.717, 1.165) is 29.0 Å². The van der Waals surface area contributed by atoms with Gasteiger partial charge in [0.15, 0.2) is 0 Å². The first-order chi connectivity index (χ1) is 11.0. The molecule has 23 heavy (non-hydrogen) atoms.